The Labute approximate surface area is 191 Å². The SMILES string of the molecule is C.CC(C)[C@H](C)n1c(=O)ccc2cnc(N[C@@H](C)c3cc4cc(Cl)ccc4[nH]c3=O)nc21. The van der Waals surface area contributed by atoms with Crippen molar-refractivity contribution in [3.63, 3.8) is 0 Å². The maximum atomic E-state index is 12.6. The fourth-order valence-corrected chi connectivity index (χ4v) is 3.77. The van der Waals surface area contributed by atoms with Crippen LogP contribution >= 0.6 is 11.6 Å². The van der Waals surface area contributed by atoms with Gasteiger partial charge in [0, 0.05) is 45.2 Å². The number of hydrogen-bond donors (Lipinski definition) is 2. The van der Waals surface area contributed by atoms with Gasteiger partial charge in [-0.1, -0.05) is 32.9 Å². The van der Waals surface area contributed by atoms with E-state index in [4.69, 9.17) is 11.6 Å². The molecular weight excluding hydrogens is 426 g/mol. The molecule has 0 radical (unpaired) electrons. The van der Waals surface area contributed by atoms with Crippen molar-refractivity contribution in [1.82, 2.24) is 19.5 Å². The molecule has 0 amide bonds. The number of aromatic nitrogens is 4. The smallest absolute Gasteiger partial charge is 0.253 e. The zero-order chi connectivity index (χ0) is 22.3. The summed E-state index contributed by atoms with van der Waals surface area (Å²) in [6.07, 6.45) is 1.69. The highest BCUT2D eigenvalue weighted by atomic mass is 35.5. The van der Waals surface area contributed by atoms with Crippen LogP contribution in [0.15, 0.2) is 52.2 Å². The molecule has 0 bridgehead atoms. The van der Waals surface area contributed by atoms with Gasteiger partial charge in [-0.3, -0.25) is 14.2 Å². The van der Waals surface area contributed by atoms with E-state index < -0.39 is 0 Å². The highest BCUT2D eigenvalue weighted by Crippen LogP contribution is 2.23. The summed E-state index contributed by atoms with van der Waals surface area (Å²) in [5.74, 6) is 0.609. The van der Waals surface area contributed by atoms with Gasteiger partial charge in [-0.05, 0) is 50.1 Å². The Morgan fingerprint density at radius 3 is 2.50 bits per heavy atom. The third-order valence-electron chi connectivity index (χ3n) is 5.69. The fourth-order valence-electron chi connectivity index (χ4n) is 3.59. The number of rotatable bonds is 5. The minimum Gasteiger partial charge on any atom is -0.347 e. The number of fused-ring (bicyclic) bond motifs is 2. The van der Waals surface area contributed by atoms with E-state index in [1.54, 1.807) is 35.0 Å². The standard InChI is InChI=1S/C23H24ClN5O2.CH4/c1-12(2)14(4)29-20(30)8-5-15-11-25-23(28-21(15)29)26-13(3)18-10-16-9-17(24)6-7-19(16)27-22(18)31;/h5-14H,1-4H3,(H,27,31)(H,25,26,28);1H4/t13-,14-;/m0./s1. The Bertz CT molecular complexity index is 1390. The van der Waals surface area contributed by atoms with Crippen LogP contribution in [0.4, 0.5) is 5.95 Å². The monoisotopic (exact) mass is 453 g/mol. The summed E-state index contributed by atoms with van der Waals surface area (Å²) < 4.78 is 1.70. The molecule has 168 valence electrons. The summed E-state index contributed by atoms with van der Waals surface area (Å²) in [7, 11) is 0. The van der Waals surface area contributed by atoms with Crippen molar-refractivity contribution >= 4 is 39.5 Å². The maximum Gasteiger partial charge on any atom is 0.253 e. The van der Waals surface area contributed by atoms with Gasteiger partial charge >= 0.3 is 0 Å². The number of pyridine rings is 2. The highest BCUT2D eigenvalue weighted by Gasteiger charge is 2.17. The number of nitrogens with zero attached hydrogens (tertiary/aromatic N) is 3. The molecule has 0 aliphatic carbocycles. The van der Waals surface area contributed by atoms with Gasteiger partial charge in [0.25, 0.3) is 11.1 Å². The van der Waals surface area contributed by atoms with Gasteiger partial charge in [0.15, 0.2) is 0 Å². The van der Waals surface area contributed by atoms with Crippen LogP contribution in [0.1, 0.15) is 52.8 Å². The summed E-state index contributed by atoms with van der Waals surface area (Å²) in [5.41, 5.74) is 1.53. The molecule has 0 fully saturated rings. The Balaban J connectivity index is 0.00000289. The van der Waals surface area contributed by atoms with Crippen molar-refractivity contribution in [2.24, 2.45) is 5.92 Å². The Hall–Kier alpha value is -3.19. The molecule has 0 spiro atoms. The first-order valence-electron chi connectivity index (χ1n) is 10.2. The molecule has 4 aromatic rings. The number of anilines is 1. The normalized spacial score (nSPS) is 13.2. The first-order valence-corrected chi connectivity index (χ1v) is 10.6. The van der Waals surface area contributed by atoms with Crippen LogP contribution in [0.3, 0.4) is 0 Å². The molecule has 0 aliphatic heterocycles. The average Bonchev–Trinajstić information content (AvgIpc) is 2.72. The zero-order valence-electron chi connectivity index (χ0n) is 17.8. The van der Waals surface area contributed by atoms with Crippen LogP contribution in [-0.4, -0.2) is 19.5 Å². The zero-order valence-corrected chi connectivity index (χ0v) is 18.6. The lowest BCUT2D eigenvalue weighted by atomic mass is 10.1. The van der Waals surface area contributed by atoms with Crippen LogP contribution in [0.5, 0.6) is 0 Å². The summed E-state index contributed by atoms with van der Waals surface area (Å²) >= 11 is 6.10. The van der Waals surface area contributed by atoms with Crippen LogP contribution in [0.25, 0.3) is 21.9 Å². The van der Waals surface area contributed by atoms with Crippen molar-refractivity contribution < 1.29 is 0 Å². The number of H-pyrrole nitrogens is 1. The maximum absolute atomic E-state index is 12.6. The van der Waals surface area contributed by atoms with Crippen molar-refractivity contribution in [2.75, 3.05) is 5.32 Å². The molecule has 0 saturated carbocycles. The Morgan fingerprint density at radius 2 is 1.78 bits per heavy atom. The van der Waals surface area contributed by atoms with Crippen LogP contribution in [0.2, 0.25) is 5.02 Å². The third kappa shape index (κ3) is 4.39. The molecule has 0 saturated heterocycles. The molecule has 2 N–H and O–H groups in total. The molecule has 7 nitrogen and oxygen atoms in total. The quantitative estimate of drug-likeness (QED) is 0.427. The molecule has 3 heterocycles. The van der Waals surface area contributed by atoms with E-state index in [1.807, 2.05) is 26.0 Å². The lowest BCUT2D eigenvalue weighted by Gasteiger charge is -2.21. The highest BCUT2D eigenvalue weighted by molar-refractivity contribution is 6.31. The minimum absolute atomic E-state index is 0. The predicted molar refractivity (Wildman–Crippen MR) is 132 cm³/mol. The van der Waals surface area contributed by atoms with Gasteiger partial charge in [-0.15, -0.1) is 0 Å². The number of nitrogens with one attached hydrogen (secondary N) is 2. The first-order chi connectivity index (χ1) is 14.7. The number of benzene rings is 1. The van der Waals surface area contributed by atoms with Crippen molar-refractivity contribution in [3.05, 3.63) is 73.9 Å². The molecule has 8 heteroatoms. The average molecular weight is 454 g/mol. The third-order valence-corrected chi connectivity index (χ3v) is 5.92. The van der Waals surface area contributed by atoms with Crippen molar-refractivity contribution in [1.29, 1.82) is 0 Å². The minimum atomic E-state index is -0.365. The van der Waals surface area contributed by atoms with Gasteiger partial charge in [0.05, 0.1) is 6.04 Å². The second-order valence-electron chi connectivity index (χ2n) is 8.15. The molecule has 0 aliphatic rings. The predicted octanol–water partition coefficient (Wildman–Crippen LogP) is 5.31. The van der Waals surface area contributed by atoms with Crippen molar-refractivity contribution in [2.45, 2.75) is 47.2 Å². The molecular formula is C24H28ClN5O2. The van der Waals surface area contributed by atoms with Crippen LogP contribution < -0.4 is 16.4 Å². The molecule has 1 aromatic carbocycles. The van der Waals surface area contributed by atoms with E-state index in [0.29, 0.717) is 22.2 Å². The number of hydrogen-bond acceptors (Lipinski definition) is 5. The summed E-state index contributed by atoms with van der Waals surface area (Å²) in [6.45, 7) is 8.00. The van der Waals surface area contributed by atoms with Crippen molar-refractivity contribution in [3.8, 4) is 0 Å². The first kappa shape index (κ1) is 23.5. The molecule has 2 atom stereocenters. The van der Waals surface area contributed by atoms with E-state index in [1.165, 1.54) is 0 Å². The second kappa shape index (κ2) is 9.12. The van der Waals surface area contributed by atoms with Gasteiger partial charge in [0.1, 0.15) is 5.65 Å². The molecule has 0 unspecified atom stereocenters. The molecule has 4 rings (SSSR count). The fraction of sp³-hybridized carbons (Fsp3) is 0.333. The largest absolute Gasteiger partial charge is 0.347 e. The van der Waals surface area contributed by atoms with E-state index in [9.17, 15) is 9.59 Å². The van der Waals surface area contributed by atoms with Gasteiger partial charge in [-0.25, -0.2) is 4.98 Å². The molecule has 32 heavy (non-hydrogen) atoms. The summed E-state index contributed by atoms with van der Waals surface area (Å²) in [5, 5.41) is 5.42. The molecule has 3 aromatic heterocycles. The Morgan fingerprint density at radius 1 is 1.03 bits per heavy atom. The topological polar surface area (TPSA) is 92.7 Å². The van der Waals surface area contributed by atoms with Gasteiger partial charge in [0.2, 0.25) is 5.95 Å². The van der Waals surface area contributed by atoms with Gasteiger partial charge in [-0.2, -0.15) is 4.98 Å². The van der Waals surface area contributed by atoms with Gasteiger partial charge < -0.3 is 10.3 Å². The summed E-state index contributed by atoms with van der Waals surface area (Å²) in [4.78, 5) is 37.1. The van der Waals surface area contributed by atoms with Crippen LogP contribution in [0, 0.1) is 5.92 Å². The summed E-state index contributed by atoms with van der Waals surface area (Å²) in [6, 6.07) is 10.0. The van der Waals surface area contributed by atoms with E-state index in [-0.39, 0.29) is 36.5 Å². The van der Waals surface area contributed by atoms with E-state index in [2.05, 4.69) is 34.1 Å². The second-order valence-corrected chi connectivity index (χ2v) is 8.59. The van der Waals surface area contributed by atoms with Crippen LogP contribution in [-0.2, 0) is 0 Å². The number of halogens is 1. The lowest BCUT2D eigenvalue weighted by Crippen LogP contribution is -2.26. The Kier molecular flexibility index (Phi) is 6.69. The number of aromatic amines is 1. The lowest BCUT2D eigenvalue weighted by molar-refractivity contribution is 0.407. The van der Waals surface area contributed by atoms with E-state index in [0.717, 1.165) is 16.3 Å². The van der Waals surface area contributed by atoms with E-state index >= 15 is 0 Å².